The minimum Gasteiger partial charge on any atom is -0.387 e. The van der Waals surface area contributed by atoms with Crippen LogP contribution < -0.4 is 10.2 Å². The average molecular weight is 477 g/mol. The van der Waals surface area contributed by atoms with Crippen molar-refractivity contribution in [3.05, 3.63) is 41.9 Å². The van der Waals surface area contributed by atoms with E-state index in [9.17, 15) is 5.11 Å². The Balaban J connectivity index is 1.35. The molecule has 2 saturated heterocycles. The van der Waals surface area contributed by atoms with Crippen LogP contribution >= 0.6 is 0 Å². The van der Waals surface area contributed by atoms with E-state index in [0.29, 0.717) is 11.6 Å². The largest absolute Gasteiger partial charge is 0.387 e. The number of hydrogen-bond acceptors (Lipinski definition) is 9. The van der Waals surface area contributed by atoms with Crippen LogP contribution in [0.4, 0.5) is 17.6 Å². The van der Waals surface area contributed by atoms with Gasteiger partial charge in [0.1, 0.15) is 11.3 Å². The molecule has 1 unspecified atom stereocenters. The second-order valence-corrected chi connectivity index (χ2v) is 9.84. The van der Waals surface area contributed by atoms with Gasteiger partial charge in [-0.3, -0.25) is 4.90 Å². The Labute approximate surface area is 207 Å². The maximum absolute atomic E-state index is 10.2. The molecule has 0 amide bonds. The first-order valence-corrected chi connectivity index (χ1v) is 12.8. The highest BCUT2D eigenvalue weighted by Crippen LogP contribution is 2.29. The fraction of sp³-hybridized carbons (Fsp3) is 0.538. The minimum atomic E-state index is -0.642. The first kappa shape index (κ1) is 23.8. The lowest BCUT2D eigenvalue weighted by molar-refractivity contribution is 0.148. The quantitative estimate of drug-likeness (QED) is 0.555. The molecule has 2 aliphatic rings. The Kier molecular flexibility index (Phi) is 7.36. The Morgan fingerprint density at radius 2 is 1.71 bits per heavy atom. The van der Waals surface area contributed by atoms with Crippen LogP contribution in [-0.2, 0) is 6.54 Å². The van der Waals surface area contributed by atoms with E-state index in [2.05, 4.69) is 43.1 Å². The number of likely N-dealkylation sites (N-methyl/N-ethyl adjacent to an activating group) is 1. The molecule has 35 heavy (non-hydrogen) atoms. The van der Waals surface area contributed by atoms with Crippen LogP contribution in [0.1, 0.15) is 50.0 Å². The zero-order chi connectivity index (χ0) is 24.2. The number of pyridine rings is 2. The van der Waals surface area contributed by atoms with Gasteiger partial charge in [0.25, 0.3) is 0 Å². The second kappa shape index (κ2) is 10.8. The van der Waals surface area contributed by atoms with E-state index in [1.165, 1.54) is 18.4 Å². The van der Waals surface area contributed by atoms with Crippen LogP contribution in [0.2, 0.25) is 0 Å². The van der Waals surface area contributed by atoms with Crippen molar-refractivity contribution in [2.24, 2.45) is 0 Å². The SMILES string of the molecule is CC(O)c1cc2cnc(Nc3ccc(CN4CCN(C)CC4)cn3)nc2c(N2CCCCCC2)n1. The summed E-state index contributed by atoms with van der Waals surface area (Å²) in [7, 11) is 2.17. The number of nitrogens with zero attached hydrogens (tertiary/aromatic N) is 7. The summed E-state index contributed by atoms with van der Waals surface area (Å²) in [6, 6.07) is 5.99. The van der Waals surface area contributed by atoms with E-state index < -0.39 is 6.10 Å². The van der Waals surface area contributed by atoms with Gasteiger partial charge in [-0.05, 0) is 44.5 Å². The molecule has 0 bridgehead atoms. The van der Waals surface area contributed by atoms with Crippen LogP contribution in [-0.4, -0.2) is 81.2 Å². The molecule has 2 fully saturated rings. The summed E-state index contributed by atoms with van der Waals surface area (Å²) in [4.78, 5) is 25.9. The van der Waals surface area contributed by atoms with Crippen molar-refractivity contribution in [1.29, 1.82) is 0 Å². The molecule has 5 rings (SSSR count). The number of aliphatic hydroxyl groups excluding tert-OH is 1. The molecule has 186 valence electrons. The van der Waals surface area contributed by atoms with Crippen LogP contribution in [0, 0.1) is 0 Å². The Morgan fingerprint density at radius 3 is 2.40 bits per heavy atom. The maximum Gasteiger partial charge on any atom is 0.229 e. The summed E-state index contributed by atoms with van der Waals surface area (Å²) in [5.41, 5.74) is 2.66. The molecule has 2 N–H and O–H groups in total. The van der Waals surface area contributed by atoms with Crippen molar-refractivity contribution < 1.29 is 5.11 Å². The molecule has 1 atom stereocenters. The fourth-order valence-corrected chi connectivity index (χ4v) is 4.79. The highest BCUT2D eigenvalue weighted by molar-refractivity contribution is 5.89. The van der Waals surface area contributed by atoms with Crippen molar-refractivity contribution in [3.63, 3.8) is 0 Å². The topological polar surface area (TPSA) is 93.5 Å². The lowest BCUT2D eigenvalue weighted by Gasteiger charge is -2.32. The Morgan fingerprint density at radius 1 is 0.943 bits per heavy atom. The Hall–Kier alpha value is -2.88. The van der Waals surface area contributed by atoms with Crippen LogP contribution in [0.15, 0.2) is 30.6 Å². The summed E-state index contributed by atoms with van der Waals surface area (Å²) < 4.78 is 0. The predicted molar refractivity (Wildman–Crippen MR) is 139 cm³/mol. The van der Waals surface area contributed by atoms with Crippen molar-refractivity contribution in [1.82, 2.24) is 29.7 Å². The maximum atomic E-state index is 10.2. The van der Waals surface area contributed by atoms with Crippen molar-refractivity contribution >= 4 is 28.5 Å². The van der Waals surface area contributed by atoms with Gasteiger partial charge in [0.05, 0.1) is 11.8 Å². The monoisotopic (exact) mass is 476 g/mol. The first-order valence-electron chi connectivity index (χ1n) is 12.8. The Bertz CT molecular complexity index is 1120. The molecule has 2 aliphatic heterocycles. The number of aromatic nitrogens is 4. The van der Waals surface area contributed by atoms with Gasteiger partial charge >= 0.3 is 0 Å². The third-order valence-electron chi connectivity index (χ3n) is 6.97. The zero-order valence-electron chi connectivity index (χ0n) is 20.8. The van der Waals surface area contributed by atoms with E-state index in [-0.39, 0.29) is 0 Å². The summed E-state index contributed by atoms with van der Waals surface area (Å²) in [6.07, 6.45) is 7.86. The van der Waals surface area contributed by atoms with Crippen LogP contribution in [0.25, 0.3) is 10.9 Å². The normalized spacial score (nSPS) is 19.0. The summed E-state index contributed by atoms with van der Waals surface area (Å²) >= 11 is 0. The fourth-order valence-electron chi connectivity index (χ4n) is 4.79. The van der Waals surface area contributed by atoms with Gasteiger partial charge < -0.3 is 20.2 Å². The highest BCUT2D eigenvalue weighted by atomic mass is 16.3. The summed E-state index contributed by atoms with van der Waals surface area (Å²) in [5.74, 6) is 2.05. The zero-order valence-corrected chi connectivity index (χ0v) is 20.8. The number of nitrogens with one attached hydrogen (secondary N) is 1. The third kappa shape index (κ3) is 5.86. The molecule has 5 heterocycles. The molecule has 3 aromatic heterocycles. The van der Waals surface area contributed by atoms with Crippen LogP contribution in [0.5, 0.6) is 0 Å². The van der Waals surface area contributed by atoms with Gasteiger partial charge in [-0.2, -0.15) is 0 Å². The number of hydrogen-bond donors (Lipinski definition) is 2. The van der Waals surface area contributed by atoms with Gasteiger partial charge in [0.2, 0.25) is 5.95 Å². The number of piperazine rings is 1. The highest BCUT2D eigenvalue weighted by Gasteiger charge is 2.19. The second-order valence-electron chi connectivity index (χ2n) is 9.84. The molecular weight excluding hydrogens is 440 g/mol. The van der Waals surface area contributed by atoms with E-state index in [1.807, 2.05) is 18.3 Å². The molecule has 0 saturated carbocycles. The minimum absolute atomic E-state index is 0.500. The van der Waals surface area contributed by atoms with Gasteiger partial charge in [0.15, 0.2) is 5.82 Å². The number of fused-ring (bicyclic) bond motifs is 1. The molecule has 3 aromatic rings. The molecule has 0 radical (unpaired) electrons. The predicted octanol–water partition coefficient (Wildman–Crippen LogP) is 3.34. The number of aliphatic hydroxyl groups is 1. The molecule has 9 nitrogen and oxygen atoms in total. The summed E-state index contributed by atoms with van der Waals surface area (Å²) in [6.45, 7) is 8.97. The third-order valence-corrected chi connectivity index (χ3v) is 6.97. The van der Waals surface area contributed by atoms with Gasteiger partial charge in [-0.1, -0.05) is 18.9 Å². The van der Waals surface area contributed by atoms with Crippen molar-refractivity contribution in [2.75, 3.05) is 56.5 Å². The number of rotatable bonds is 6. The van der Waals surface area contributed by atoms with E-state index in [1.54, 1.807) is 13.1 Å². The smallest absolute Gasteiger partial charge is 0.229 e. The van der Waals surface area contributed by atoms with Gasteiger partial charge in [-0.25, -0.2) is 19.9 Å². The lowest BCUT2D eigenvalue weighted by Crippen LogP contribution is -2.43. The van der Waals surface area contributed by atoms with Gasteiger partial charge in [-0.15, -0.1) is 0 Å². The van der Waals surface area contributed by atoms with E-state index in [4.69, 9.17) is 9.97 Å². The molecule has 0 aliphatic carbocycles. The van der Waals surface area contributed by atoms with Crippen LogP contribution in [0.3, 0.4) is 0 Å². The van der Waals surface area contributed by atoms with Crippen molar-refractivity contribution in [3.8, 4) is 0 Å². The van der Waals surface area contributed by atoms with E-state index >= 15 is 0 Å². The molecule has 0 aromatic carbocycles. The first-order chi connectivity index (χ1) is 17.0. The standard InChI is InChI=1S/C26H36N8O/c1-19(35)22-15-21-17-28-26(31-24(21)25(29-22)34-9-5-3-4-6-10-34)30-23-8-7-20(16-27-23)18-33-13-11-32(2)12-14-33/h7-8,15-17,19,35H,3-6,9-14,18H2,1-2H3,(H,27,28,30,31). The number of anilines is 3. The average Bonchev–Trinajstić information content (AvgIpc) is 3.15. The molecular formula is C26H36N8O. The van der Waals surface area contributed by atoms with E-state index in [0.717, 1.165) is 81.2 Å². The molecule has 9 heteroatoms. The van der Waals surface area contributed by atoms with Gasteiger partial charge in [0, 0.05) is 63.6 Å². The van der Waals surface area contributed by atoms with Crippen molar-refractivity contribution in [2.45, 2.75) is 45.3 Å². The lowest BCUT2D eigenvalue weighted by atomic mass is 10.2. The molecule has 0 spiro atoms. The summed E-state index contributed by atoms with van der Waals surface area (Å²) in [5, 5.41) is 14.3.